The molecular formula is C14H21N5S. The molecule has 20 heavy (non-hydrogen) atoms. The van der Waals surface area contributed by atoms with Crippen LogP contribution in [0.25, 0.3) is 0 Å². The van der Waals surface area contributed by atoms with Crippen molar-refractivity contribution in [1.29, 1.82) is 0 Å². The smallest absolute Gasteiger partial charge is 0.176 e. The Morgan fingerprint density at radius 3 is 2.75 bits per heavy atom. The van der Waals surface area contributed by atoms with Gasteiger partial charge in [0.05, 0.1) is 7.05 Å². The van der Waals surface area contributed by atoms with E-state index in [-0.39, 0.29) is 0 Å². The first-order chi connectivity index (χ1) is 9.78. The topological polar surface area (TPSA) is 55.6 Å². The van der Waals surface area contributed by atoms with E-state index in [0.29, 0.717) is 6.04 Å². The number of rotatable bonds is 8. The van der Waals surface area contributed by atoms with E-state index in [9.17, 15) is 0 Å². The predicted octanol–water partition coefficient (Wildman–Crippen LogP) is 1.91. The van der Waals surface area contributed by atoms with Crippen molar-refractivity contribution in [3.05, 3.63) is 36.2 Å². The molecule has 0 saturated heterocycles. The van der Waals surface area contributed by atoms with Gasteiger partial charge in [-0.05, 0) is 30.3 Å². The average Bonchev–Trinajstić information content (AvgIpc) is 2.88. The molecular weight excluding hydrogens is 270 g/mol. The van der Waals surface area contributed by atoms with Crippen molar-refractivity contribution in [2.45, 2.75) is 30.7 Å². The zero-order valence-electron chi connectivity index (χ0n) is 12.0. The van der Waals surface area contributed by atoms with Gasteiger partial charge in [-0.1, -0.05) is 25.1 Å². The Labute approximate surface area is 124 Å². The van der Waals surface area contributed by atoms with Crippen LogP contribution in [-0.4, -0.2) is 38.5 Å². The molecule has 1 heterocycles. The third-order valence-corrected chi connectivity index (χ3v) is 4.03. The monoisotopic (exact) mass is 291 g/mol. The number of nitrogens with zero attached hydrogens (tertiary/aromatic N) is 4. The summed E-state index contributed by atoms with van der Waals surface area (Å²) >= 11 is 1.86. The predicted molar refractivity (Wildman–Crippen MR) is 81.7 cm³/mol. The molecule has 2 aromatic rings. The van der Waals surface area contributed by atoms with E-state index in [1.807, 2.05) is 17.8 Å². The first-order valence-electron chi connectivity index (χ1n) is 6.92. The first-order valence-corrected chi connectivity index (χ1v) is 7.90. The van der Waals surface area contributed by atoms with Crippen molar-refractivity contribution < 1.29 is 0 Å². The number of aryl methyl sites for hydroxylation is 1. The van der Waals surface area contributed by atoms with Gasteiger partial charge in [0.25, 0.3) is 0 Å². The van der Waals surface area contributed by atoms with Gasteiger partial charge >= 0.3 is 0 Å². The first kappa shape index (κ1) is 15.0. The number of aromatic nitrogens is 4. The van der Waals surface area contributed by atoms with Crippen LogP contribution in [0.15, 0.2) is 35.2 Å². The summed E-state index contributed by atoms with van der Waals surface area (Å²) in [5.74, 6) is 1.80. The van der Waals surface area contributed by atoms with E-state index >= 15 is 0 Å². The molecule has 0 aliphatic heterocycles. The van der Waals surface area contributed by atoms with Crippen molar-refractivity contribution in [3.63, 3.8) is 0 Å². The van der Waals surface area contributed by atoms with E-state index < -0.39 is 0 Å². The van der Waals surface area contributed by atoms with Crippen LogP contribution in [0, 0.1) is 0 Å². The third kappa shape index (κ3) is 4.94. The SMILES string of the molecule is CCCNC(CSc1ccccc1)Cc1nnn(C)n1. The largest absolute Gasteiger partial charge is 0.313 e. The van der Waals surface area contributed by atoms with Gasteiger partial charge in [0, 0.05) is 23.1 Å². The van der Waals surface area contributed by atoms with E-state index in [1.165, 1.54) is 9.69 Å². The molecule has 108 valence electrons. The molecule has 0 aliphatic rings. The lowest BCUT2D eigenvalue weighted by atomic mass is 10.2. The molecule has 1 unspecified atom stereocenters. The molecule has 6 heteroatoms. The average molecular weight is 291 g/mol. The van der Waals surface area contributed by atoms with Gasteiger partial charge in [-0.25, -0.2) is 0 Å². The highest BCUT2D eigenvalue weighted by Crippen LogP contribution is 2.18. The van der Waals surface area contributed by atoms with Crippen LogP contribution in [0.1, 0.15) is 19.2 Å². The van der Waals surface area contributed by atoms with Gasteiger partial charge in [-0.15, -0.1) is 22.0 Å². The summed E-state index contributed by atoms with van der Waals surface area (Å²) < 4.78 is 0. The van der Waals surface area contributed by atoms with Crippen LogP contribution in [0.4, 0.5) is 0 Å². The Kier molecular flexibility index (Phi) is 6.01. The number of hydrogen-bond donors (Lipinski definition) is 1. The molecule has 2 rings (SSSR count). The lowest BCUT2D eigenvalue weighted by molar-refractivity contribution is 0.537. The molecule has 0 spiro atoms. The summed E-state index contributed by atoms with van der Waals surface area (Å²) in [6, 6.07) is 10.8. The van der Waals surface area contributed by atoms with E-state index in [1.54, 1.807) is 7.05 Å². The van der Waals surface area contributed by atoms with Gasteiger partial charge < -0.3 is 5.32 Å². The fraction of sp³-hybridized carbons (Fsp3) is 0.500. The van der Waals surface area contributed by atoms with Crippen LogP contribution in [0.5, 0.6) is 0 Å². The highest BCUT2D eigenvalue weighted by atomic mass is 32.2. The van der Waals surface area contributed by atoms with Gasteiger partial charge in [-0.2, -0.15) is 4.80 Å². The molecule has 0 amide bonds. The quantitative estimate of drug-likeness (QED) is 0.753. The lowest BCUT2D eigenvalue weighted by Crippen LogP contribution is -2.34. The molecule has 0 bridgehead atoms. The summed E-state index contributed by atoms with van der Waals surface area (Å²) in [7, 11) is 1.80. The van der Waals surface area contributed by atoms with Gasteiger partial charge in [0.1, 0.15) is 0 Å². The van der Waals surface area contributed by atoms with Gasteiger partial charge in [0.15, 0.2) is 5.82 Å². The number of nitrogens with one attached hydrogen (secondary N) is 1. The third-order valence-electron chi connectivity index (χ3n) is 2.86. The van der Waals surface area contributed by atoms with Crippen LogP contribution in [0.3, 0.4) is 0 Å². The van der Waals surface area contributed by atoms with E-state index in [4.69, 9.17) is 0 Å². The Balaban J connectivity index is 1.89. The number of benzene rings is 1. The molecule has 0 aliphatic carbocycles. The Hall–Kier alpha value is -1.40. The normalized spacial score (nSPS) is 12.5. The maximum absolute atomic E-state index is 4.26. The number of thioether (sulfide) groups is 1. The molecule has 0 fully saturated rings. The molecule has 1 N–H and O–H groups in total. The van der Waals surface area contributed by atoms with Crippen molar-refractivity contribution in [1.82, 2.24) is 25.5 Å². The van der Waals surface area contributed by atoms with E-state index in [0.717, 1.165) is 31.0 Å². The molecule has 5 nitrogen and oxygen atoms in total. The summed E-state index contributed by atoms with van der Waals surface area (Å²) in [6.45, 7) is 3.19. The minimum atomic E-state index is 0.365. The molecule has 1 aromatic heterocycles. The van der Waals surface area contributed by atoms with Crippen LogP contribution in [0.2, 0.25) is 0 Å². The van der Waals surface area contributed by atoms with Crippen LogP contribution < -0.4 is 5.32 Å². The summed E-state index contributed by atoms with van der Waals surface area (Å²) in [4.78, 5) is 2.80. The van der Waals surface area contributed by atoms with Crippen molar-refractivity contribution >= 4 is 11.8 Å². The summed E-state index contributed by atoms with van der Waals surface area (Å²) in [5, 5.41) is 15.8. The zero-order valence-corrected chi connectivity index (χ0v) is 12.8. The Morgan fingerprint density at radius 1 is 1.30 bits per heavy atom. The maximum atomic E-state index is 4.26. The Morgan fingerprint density at radius 2 is 2.10 bits per heavy atom. The maximum Gasteiger partial charge on any atom is 0.176 e. The fourth-order valence-corrected chi connectivity index (χ4v) is 2.86. The second-order valence-corrected chi connectivity index (χ2v) is 5.77. The highest BCUT2D eigenvalue weighted by molar-refractivity contribution is 7.99. The van der Waals surface area contributed by atoms with Crippen LogP contribution >= 0.6 is 11.8 Å². The minimum Gasteiger partial charge on any atom is -0.313 e. The van der Waals surface area contributed by atoms with Crippen molar-refractivity contribution in [3.8, 4) is 0 Å². The number of tetrazole rings is 1. The second kappa shape index (κ2) is 8.01. The zero-order chi connectivity index (χ0) is 14.2. The molecule has 1 aromatic carbocycles. The second-order valence-electron chi connectivity index (χ2n) is 4.67. The summed E-state index contributed by atoms with van der Waals surface area (Å²) in [6.07, 6.45) is 1.94. The molecule has 0 radical (unpaired) electrons. The van der Waals surface area contributed by atoms with Crippen LogP contribution in [-0.2, 0) is 13.5 Å². The van der Waals surface area contributed by atoms with Gasteiger partial charge in [-0.3, -0.25) is 0 Å². The minimum absolute atomic E-state index is 0.365. The van der Waals surface area contributed by atoms with Crippen molar-refractivity contribution in [2.24, 2.45) is 7.05 Å². The standard InChI is InChI=1S/C14H21N5S/c1-3-9-15-12(10-14-16-18-19(2)17-14)11-20-13-7-5-4-6-8-13/h4-8,12,15H,3,9-11H2,1-2H3. The summed E-state index contributed by atoms with van der Waals surface area (Å²) in [5.41, 5.74) is 0. The Bertz CT molecular complexity index is 499. The molecule has 1 atom stereocenters. The highest BCUT2D eigenvalue weighted by Gasteiger charge is 2.12. The lowest BCUT2D eigenvalue weighted by Gasteiger charge is -2.16. The van der Waals surface area contributed by atoms with E-state index in [2.05, 4.69) is 51.9 Å². The van der Waals surface area contributed by atoms with Gasteiger partial charge in [0.2, 0.25) is 0 Å². The van der Waals surface area contributed by atoms with Crippen molar-refractivity contribution in [2.75, 3.05) is 12.3 Å². The number of hydrogen-bond acceptors (Lipinski definition) is 5. The fourth-order valence-electron chi connectivity index (χ4n) is 1.88. The molecule has 0 saturated carbocycles.